The number of ether oxygens (including phenoxy) is 1. The number of imide groups is 1. The first kappa shape index (κ1) is 22.9. The molecule has 0 fully saturated rings. The van der Waals surface area contributed by atoms with Gasteiger partial charge in [0.25, 0.3) is 11.8 Å². The molecule has 37 heavy (non-hydrogen) atoms. The first-order valence-corrected chi connectivity index (χ1v) is 12.2. The molecule has 1 aliphatic heterocycles. The number of Topliss-reactive ketones (excluding diaryl/α,β-unsaturated/α-hetero) is 1. The van der Waals surface area contributed by atoms with Crippen molar-refractivity contribution in [3.63, 3.8) is 0 Å². The Morgan fingerprint density at radius 3 is 1.92 bits per heavy atom. The second kappa shape index (κ2) is 8.82. The van der Waals surface area contributed by atoms with E-state index in [1.54, 1.807) is 24.3 Å². The van der Waals surface area contributed by atoms with E-state index >= 15 is 0 Å². The Hall–Kier alpha value is -4.58. The zero-order valence-electron chi connectivity index (χ0n) is 20.2. The summed E-state index contributed by atoms with van der Waals surface area (Å²) in [5, 5.41) is 1.66. The van der Waals surface area contributed by atoms with Crippen LogP contribution in [0.15, 0.2) is 78.9 Å². The minimum absolute atomic E-state index is 0.370. The van der Waals surface area contributed by atoms with E-state index in [9.17, 15) is 19.2 Å². The van der Waals surface area contributed by atoms with Crippen LogP contribution in [-0.2, 0) is 22.4 Å². The molecule has 1 aliphatic carbocycles. The minimum atomic E-state index is -1.18. The van der Waals surface area contributed by atoms with Crippen molar-refractivity contribution in [2.75, 3.05) is 6.61 Å². The molecule has 0 saturated heterocycles. The highest BCUT2D eigenvalue weighted by atomic mass is 16.5. The van der Waals surface area contributed by atoms with Gasteiger partial charge in [-0.3, -0.25) is 19.3 Å². The number of benzene rings is 4. The molecular formula is C31H23NO5. The van der Waals surface area contributed by atoms with E-state index in [2.05, 4.69) is 0 Å². The standard InChI is InChI=1S/C31H23NO5/c1-18(31(36)37-17-26(33)21-9-7-20(8-10-21)19-5-3-2-4-6-19)32-29(34)24-15-13-22-11-12-23-14-16-25(30(32)35)28(24)27(22)23/h2-10,13-16,18H,11-12,17H2,1H3. The van der Waals surface area contributed by atoms with Gasteiger partial charge in [0.1, 0.15) is 6.04 Å². The van der Waals surface area contributed by atoms with Crippen molar-refractivity contribution in [2.45, 2.75) is 25.8 Å². The van der Waals surface area contributed by atoms with Crippen LogP contribution in [0.25, 0.3) is 21.9 Å². The normalized spacial score (nSPS) is 14.7. The van der Waals surface area contributed by atoms with Crippen LogP contribution in [0.2, 0.25) is 0 Å². The third-order valence-electron chi connectivity index (χ3n) is 7.28. The van der Waals surface area contributed by atoms with Gasteiger partial charge in [0, 0.05) is 22.1 Å². The van der Waals surface area contributed by atoms with Crippen LogP contribution < -0.4 is 0 Å². The maximum atomic E-state index is 13.3. The van der Waals surface area contributed by atoms with E-state index in [0.717, 1.165) is 45.4 Å². The van der Waals surface area contributed by atoms with Crippen molar-refractivity contribution in [1.29, 1.82) is 0 Å². The molecule has 2 amide bonds. The smallest absolute Gasteiger partial charge is 0.329 e. The Kier molecular flexibility index (Phi) is 5.45. The van der Waals surface area contributed by atoms with Crippen LogP contribution in [0.5, 0.6) is 0 Å². The van der Waals surface area contributed by atoms with Crippen molar-refractivity contribution in [3.8, 4) is 11.1 Å². The molecule has 0 saturated carbocycles. The lowest BCUT2D eigenvalue weighted by molar-refractivity contribution is -0.146. The van der Waals surface area contributed by atoms with Crippen molar-refractivity contribution in [2.24, 2.45) is 0 Å². The van der Waals surface area contributed by atoms with Gasteiger partial charge in [0.2, 0.25) is 0 Å². The lowest BCUT2D eigenvalue weighted by Crippen LogP contribution is -2.49. The molecule has 6 nitrogen and oxygen atoms in total. The number of amides is 2. The van der Waals surface area contributed by atoms with E-state index in [4.69, 9.17) is 4.74 Å². The summed E-state index contributed by atoms with van der Waals surface area (Å²) >= 11 is 0. The highest BCUT2D eigenvalue weighted by Crippen LogP contribution is 2.38. The van der Waals surface area contributed by atoms with E-state index in [1.807, 2.05) is 54.6 Å². The van der Waals surface area contributed by atoms with Gasteiger partial charge in [-0.25, -0.2) is 4.79 Å². The largest absolute Gasteiger partial charge is 0.456 e. The number of carbonyl (C=O) groups excluding carboxylic acids is 4. The Balaban J connectivity index is 1.17. The number of hydrogen-bond donors (Lipinski definition) is 0. The molecule has 2 aliphatic rings. The quantitative estimate of drug-likeness (QED) is 0.216. The zero-order valence-corrected chi connectivity index (χ0v) is 20.2. The molecule has 0 N–H and O–H groups in total. The molecule has 4 aromatic rings. The lowest BCUT2D eigenvalue weighted by Gasteiger charge is -2.31. The second-order valence-corrected chi connectivity index (χ2v) is 9.43. The monoisotopic (exact) mass is 489 g/mol. The van der Waals surface area contributed by atoms with Crippen molar-refractivity contribution >= 4 is 34.3 Å². The van der Waals surface area contributed by atoms with Gasteiger partial charge in [0.15, 0.2) is 12.4 Å². The van der Waals surface area contributed by atoms with Gasteiger partial charge in [-0.05, 0) is 59.5 Å². The maximum absolute atomic E-state index is 13.3. The van der Waals surface area contributed by atoms with Gasteiger partial charge >= 0.3 is 5.97 Å². The van der Waals surface area contributed by atoms with Crippen molar-refractivity contribution < 1.29 is 23.9 Å². The molecular weight excluding hydrogens is 466 g/mol. The molecule has 1 unspecified atom stereocenters. The van der Waals surface area contributed by atoms with Gasteiger partial charge in [-0.1, -0.05) is 66.7 Å². The summed E-state index contributed by atoms with van der Waals surface area (Å²) in [5.41, 5.74) is 5.49. The summed E-state index contributed by atoms with van der Waals surface area (Å²) in [6, 6.07) is 23.0. The average molecular weight is 490 g/mol. The van der Waals surface area contributed by atoms with Gasteiger partial charge in [0.05, 0.1) is 0 Å². The topological polar surface area (TPSA) is 80.8 Å². The Morgan fingerprint density at radius 1 is 0.757 bits per heavy atom. The molecule has 0 radical (unpaired) electrons. The van der Waals surface area contributed by atoms with E-state index < -0.39 is 30.4 Å². The second-order valence-electron chi connectivity index (χ2n) is 9.43. The van der Waals surface area contributed by atoms with E-state index in [-0.39, 0.29) is 5.78 Å². The molecule has 1 heterocycles. The van der Waals surface area contributed by atoms with Gasteiger partial charge in [-0.15, -0.1) is 0 Å². The first-order valence-electron chi connectivity index (χ1n) is 12.2. The van der Waals surface area contributed by atoms with Crippen LogP contribution in [0.1, 0.15) is 49.1 Å². The van der Waals surface area contributed by atoms with E-state index in [0.29, 0.717) is 22.1 Å². The van der Waals surface area contributed by atoms with Crippen LogP contribution in [-0.4, -0.2) is 41.1 Å². The number of rotatable bonds is 6. The number of aryl methyl sites for hydroxylation is 2. The van der Waals surface area contributed by atoms with Gasteiger partial charge in [-0.2, -0.15) is 0 Å². The number of ketones is 1. The summed E-state index contributed by atoms with van der Waals surface area (Å²) in [6.45, 7) is 0.962. The van der Waals surface area contributed by atoms with Crippen molar-refractivity contribution in [1.82, 2.24) is 4.90 Å². The number of nitrogens with zero attached hydrogens (tertiary/aromatic N) is 1. The Bertz CT molecular complexity index is 1550. The highest BCUT2D eigenvalue weighted by molar-refractivity contribution is 6.27. The van der Waals surface area contributed by atoms with Crippen LogP contribution in [0.4, 0.5) is 0 Å². The average Bonchev–Trinajstić information content (AvgIpc) is 3.36. The molecule has 0 bridgehead atoms. The fraction of sp³-hybridized carbons (Fsp3) is 0.161. The molecule has 0 spiro atoms. The summed E-state index contributed by atoms with van der Waals surface area (Å²) in [7, 11) is 0. The van der Waals surface area contributed by atoms with Crippen molar-refractivity contribution in [3.05, 3.63) is 107 Å². The fourth-order valence-electron chi connectivity index (χ4n) is 5.31. The van der Waals surface area contributed by atoms with Crippen LogP contribution in [0, 0.1) is 0 Å². The molecule has 4 aromatic carbocycles. The lowest BCUT2D eigenvalue weighted by atomic mass is 9.90. The number of carbonyl (C=O) groups is 4. The first-order chi connectivity index (χ1) is 17.9. The minimum Gasteiger partial charge on any atom is -0.456 e. The molecule has 0 aromatic heterocycles. The van der Waals surface area contributed by atoms with Crippen LogP contribution in [0.3, 0.4) is 0 Å². The number of hydrogen-bond acceptors (Lipinski definition) is 5. The predicted molar refractivity (Wildman–Crippen MR) is 138 cm³/mol. The summed E-state index contributed by atoms with van der Waals surface area (Å²) in [4.78, 5) is 53.1. The van der Waals surface area contributed by atoms with E-state index in [1.165, 1.54) is 6.92 Å². The SMILES string of the molecule is CC(C(=O)OCC(=O)c1ccc(-c2ccccc2)cc1)N1C(=O)c2ccc3c4c(ccc(c24)C1=O)CC3. The third-order valence-corrected chi connectivity index (χ3v) is 7.28. The molecule has 6 heteroatoms. The maximum Gasteiger partial charge on any atom is 0.329 e. The summed E-state index contributed by atoms with van der Waals surface area (Å²) in [6.07, 6.45) is 1.76. The van der Waals surface area contributed by atoms with Gasteiger partial charge < -0.3 is 4.74 Å². The molecule has 1 atom stereocenters. The fourth-order valence-corrected chi connectivity index (χ4v) is 5.31. The third kappa shape index (κ3) is 3.73. The Labute approximate surface area is 213 Å². The predicted octanol–water partition coefficient (Wildman–Crippen LogP) is 5.02. The Morgan fingerprint density at radius 2 is 1.32 bits per heavy atom. The zero-order chi connectivity index (χ0) is 25.7. The molecule has 182 valence electrons. The van der Waals surface area contributed by atoms with Crippen LogP contribution >= 0.6 is 0 Å². The molecule has 6 rings (SSSR count). The summed E-state index contributed by atoms with van der Waals surface area (Å²) in [5.74, 6) is -2.24. The summed E-state index contributed by atoms with van der Waals surface area (Å²) < 4.78 is 5.26. The highest BCUT2D eigenvalue weighted by Gasteiger charge is 2.40. The number of esters is 1.